The lowest BCUT2D eigenvalue weighted by Gasteiger charge is -2.03. The number of ether oxygens (including phenoxy) is 1. The fraction of sp³-hybridized carbons (Fsp3) is 0.125. The van der Waals surface area contributed by atoms with Gasteiger partial charge in [-0.3, -0.25) is 0 Å². The van der Waals surface area contributed by atoms with Gasteiger partial charge in [0.2, 0.25) is 0 Å². The molecule has 0 saturated carbocycles. The summed E-state index contributed by atoms with van der Waals surface area (Å²) in [6, 6.07) is 0. The molecule has 1 rings (SSSR count). The largest absolute Gasteiger partial charge is 0.455 e. The Morgan fingerprint density at radius 3 is 2.79 bits per heavy atom. The highest BCUT2D eigenvalue weighted by atomic mass is 35.5. The predicted molar refractivity (Wildman–Crippen MR) is 51.7 cm³/mol. The molecule has 0 amide bonds. The first-order valence-electron chi connectivity index (χ1n) is 3.68. The Balaban J connectivity index is 2.70. The smallest absolute Gasteiger partial charge is 0.361 e. The number of aromatic nitrogens is 2. The van der Waals surface area contributed by atoms with Crippen LogP contribution < -0.4 is 5.73 Å². The molecule has 0 aliphatic carbocycles. The van der Waals surface area contributed by atoms with Crippen molar-refractivity contribution in [3.63, 3.8) is 0 Å². The minimum atomic E-state index is -0.669. The summed E-state index contributed by atoms with van der Waals surface area (Å²) in [4.78, 5) is 18.7. The maximum atomic E-state index is 11.3. The molecular formula is C8H8ClN3O2. The minimum Gasteiger partial charge on any atom is -0.455 e. The number of nitrogens with zero attached hydrogens (tertiary/aromatic N) is 2. The Morgan fingerprint density at radius 1 is 1.57 bits per heavy atom. The molecule has 0 unspecified atom stereocenters. The van der Waals surface area contributed by atoms with E-state index in [1.165, 1.54) is 12.4 Å². The van der Waals surface area contributed by atoms with Crippen molar-refractivity contribution in [1.82, 2.24) is 9.97 Å². The van der Waals surface area contributed by atoms with Crippen LogP contribution in [0.25, 0.3) is 0 Å². The van der Waals surface area contributed by atoms with Gasteiger partial charge in [0.05, 0.1) is 0 Å². The zero-order valence-corrected chi connectivity index (χ0v) is 7.99. The van der Waals surface area contributed by atoms with E-state index in [1.807, 2.05) is 0 Å². The summed E-state index contributed by atoms with van der Waals surface area (Å²) >= 11 is 5.41. The third-order valence-electron chi connectivity index (χ3n) is 1.28. The highest BCUT2D eigenvalue weighted by Crippen LogP contribution is 2.06. The van der Waals surface area contributed by atoms with E-state index in [9.17, 15) is 4.79 Å². The molecule has 0 radical (unpaired) electrons. The molecule has 0 bridgehead atoms. The molecule has 0 saturated heterocycles. The van der Waals surface area contributed by atoms with Crippen LogP contribution >= 0.6 is 11.6 Å². The van der Waals surface area contributed by atoms with Crippen LogP contribution in [-0.4, -0.2) is 22.5 Å². The van der Waals surface area contributed by atoms with Gasteiger partial charge in [0.15, 0.2) is 11.5 Å². The second-order valence-electron chi connectivity index (χ2n) is 2.38. The first-order valence-corrected chi connectivity index (χ1v) is 4.06. The van der Waals surface area contributed by atoms with E-state index in [0.717, 1.165) is 0 Å². The van der Waals surface area contributed by atoms with Crippen molar-refractivity contribution in [2.75, 3.05) is 12.3 Å². The van der Waals surface area contributed by atoms with Gasteiger partial charge in [0, 0.05) is 17.4 Å². The Morgan fingerprint density at radius 2 is 2.21 bits per heavy atom. The van der Waals surface area contributed by atoms with Crippen molar-refractivity contribution in [2.24, 2.45) is 0 Å². The fourth-order valence-electron chi connectivity index (χ4n) is 0.718. The van der Waals surface area contributed by atoms with Crippen molar-refractivity contribution >= 4 is 23.4 Å². The van der Waals surface area contributed by atoms with Crippen molar-refractivity contribution < 1.29 is 9.53 Å². The summed E-state index contributed by atoms with van der Waals surface area (Å²) in [6.07, 6.45) is 2.73. The quantitative estimate of drug-likeness (QED) is 0.757. The lowest BCUT2D eigenvalue weighted by molar-refractivity contribution is 0.0540. The number of anilines is 1. The van der Waals surface area contributed by atoms with E-state index >= 15 is 0 Å². The number of halogens is 1. The molecule has 14 heavy (non-hydrogen) atoms. The van der Waals surface area contributed by atoms with Crippen LogP contribution in [0, 0.1) is 0 Å². The van der Waals surface area contributed by atoms with E-state index in [1.54, 1.807) is 0 Å². The van der Waals surface area contributed by atoms with Crippen molar-refractivity contribution in [1.29, 1.82) is 0 Å². The van der Waals surface area contributed by atoms with E-state index in [4.69, 9.17) is 22.1 Å². The monoisotopic (exact) mass is 213 g/mol. The lowest BCUT2D eigenvalue weighted by atomic mass is 10.4. The number of carbonyl (C=O) groups excluding carboxylic acids is 1. The zero-order chi connectivity index (χ0) is 10.6. The van der Waals surface area contributed by atoms with E-state index in [0.29, 0.717) is 0 Å². The average Bonchev–Trinajstić information content (AvgIpc) is 2.15. The lowest BCUT2D eigenvalue weighted by Crippen LogP contribution is -2.12. The van der Waals surface area contributed by atoms with Crippen LogP contribution in [-0.2, 0) is 4.74 Å². The number of hydrogen-bond acceptors (Lipinski definition) is 5. The second kappa shape index (κ2) is 4.57. The van der Waals surface area contributed by atoms with Gasteiger partial charge in [-0.25, -0.2) is 14.8 Å². The third-order valence-corrected chi connectivity index (χ3v) is 1.39. The van der Waals surface area contributed by atoms with Crippen LogP contribution in [0.3, 0.4) is 0 Å². The first kappa shape index (κ1) is 10.5. The molecule has 1 aromatic rings. The van der Waals surface area contributed by atoms with E-state index in [2.05, 4.69) is 16.5 Å². The van der Waals surface area contributed by atoms with Gasteiger partial charge in [-0.1, -0.05) is 18.2 Å². The summed E-state index contributed by atoms with van der Waals surface area (Å²) in [5.74, 6) is -0.643. The van der Waals surface area contributed by atoms with Gasteiger partial charge in [0.25, 0.3) is 0 Å². The van der Waals surface area contributed by atoms with Crippen LogP contribution in [0.4, 0.5) is 5.82 Å². The van der Waals surface area contributed by atoms with Crippen LogP contribution in [0.2, 0.25) is 0 Å². The number of hydrogen-bond donors (Lipinski definition) is 1. The van der Waals surface area contributed by atoms with Gasteiger partial charge >= 0.3 is 5.97 Å². The van der Waals surface area contributed by atoms with Gasteiger partial charge in [-0.05, 0) is 0 Å². The minimum absolute atomic E-state index is 0.0228. The topological polar surface area (TPSA) is 78.1 Å². The molecule has 1 heterocycles. The van der Waals surface area contributed by atoms with Crippen LogP contribution in [0.5, 0.6) is 0 Å². The molecule has 1 aromatic heterocycles. The number of esters is 1. The Bertz CT molecular complexity index is 367. The zero-order valence-electron chi connectivity index (χ0n) is 7.24. The molecule has 5 nitrogen and oxygen atoms in total. The summed E-state index contributed by atoms with van der Waals surface area (Å²) in [6.45, 7) is 3.29. The molecule has 0 fully saturated rings. The Kier molecular flexibility index (Phi) is 3.41. The highest BCUT2D eigenvalue weighted by Gasteiger charge is 2.13. The van der Waals surface area contributed by atoms with Crippen LogP contribution in [0.1, 0.15) is 10.5 Å². The first-order chi connectivity index (χ1) is 6.61. The maximum Gasteiger partial charge on any atom is 0.361 e. The standard InChI is InChI=1S/C8H8ClN3O2/c1-5(9)4-14-8(13)6-7(10)12-3-2-11-6/h2-3H,1,4H2,(H2,10,12). The van der Waals surface area contributed by atoms with E-state index in [-0.39, 0.29) is 23.2 Å². The van der Waals surface area contributed by atoms with Gasteiger partial charge in [-0.15, -0.1) is 0 Å². The molecule has 0 aliphatic rings. The highest BCUT2D eigenvalue weighted by molar-refractivity contribution is 6.29. The molecule has 0 atom stereocenters. The number of nitrogens with two attached hydrogens (primary N) is 1. The van der Waals surface area contributed by atoms with Crippen molar-refractivity contribution in [2.45, 2.75) is 0 Å². The SMILES string of the molecule is C=C(Cl)COC(=O)c1nccnc1N. The predicted octanol–water partition coefficient (Wildman–Crippen LogP) is 0.968. The second-order valence-corrected chi connectivity index (χ2v) is 2.92. The number of carbonyl (C=O) groups is 1. The van der Waals surface area contributed by atoms with Crippen LogP contribution in [0.15, 0.2) is 24.0 Å². The average molecular weight is 214 g/mol. The Labute approximate surface area is 85.6 Å². The molecule has 6 heteroatoms. The maximum absolute atomic E-state index is 11.3. The molecule has 74 valence electrons. The number of rotatable bonds is 3. The third kappa shape index (κ3) is 2.70. The molecule has 0 aromatic carbocycles. The summed E-state index contributed by atoms with van der Waals surface area (Å²) < 4.78 is 4.72. The number of nitrogen functional groups attached to an aromatic ring is 1. The summed E-state index contributed by atoms with van der Waals surface area (Å²) in [5.41, 5.74) is 5.38. The fourth-order valence-corrected chi connectivity index (χ4v) is 0.773. The summed E-state index contributed by atoms with van der Waals surface area (Å²) in [7, 11) is 0. The molecule has 0 spiro atoms. The summed E-state index contributed by atoms with van der Waals surface area (Å²) in [5, 5.41) is 0.223. The molecular weight excluding hydrogens is 206 g/mol. The Hall–Kier alpha value is -1.62. The van der Waals surface area contributed by atoms with Crippen molar-refractivity contribution in [3.8, 4) is 0 Å². The van der Waals surface area contributed by atoms with E-state index < -0.39 is 5.97 Å². The van der Waals surface area contributed by atoms with Gasteiger partial charge in [-0.2, -0.15) is 0 Å². The molecule has 0 aliphatic heterocycles. The van der Waals surface area contributed by atoms with Crippen molar-refractivity contribution in [3.05, 3.63) is 29.7 Å². The normalized spacial score (nSPS) is 9.50. The van der Waals surface area contributed by atoms with Gasteiger partial charge in [0.1, 0.15) is 6.61 Å². The van der Waals surface area contributed by atoms with Gasteiger partial charge < -0.3 is 10.5 Å². The molecule has 2 N–H and O–H groups in total.